The Labute approximate surface area is 89.9 Å². The third-order valence-electron chi connectivity index (χ3n) is 3.63. The van der Waals surface area contributed by atoms with Gasteiger partial charge in [0, 0.05) is 12.3 Å². The molecule has 3 rings (SSSR count). The Balaban J connectivity index is 2.03. The average molecular weight is 198 g/mol. The van der Waals surface area contributed by atoms with Crippen LogP contribution >= 0.6 is 0 Å². The lowest BCUT2D eigenvalue weighted by Gasteiger charge is -2.34. The van der Waals surface area contributed by atoms with Gasteiger partial charge >= 0.3 is 0 Å². The van der Waals surface area contributed by atoms with E-state index in [-0.39, 0.29) is 0 Å². The van der Waals surface area contributed by atoms with E-state index < -0.39 is 0 Å². The molecule has 0 saturated heterocycles. The molecule has 0 N–H and O–H groups in total. The smallest absolute Gasteiger partial charge is 0.159 e. The standard InChI is InChI=1S/C14H14O/c15-14-7-3-6-12-11-5-2-1-4-10(11)8-9-13(12)14/h1-2,4-5,8-9,11-12H,3,6-7H2. The van der Waals surface area contributed by atoms with E-state index in [2.05, 4.69) is 30.4 Å². The highest BCUT2D eigenvalue weighted by Crippen LogP contribution is 2.41. The molecule has 0 heterocycles. The highest BCUT2D eigenvalue weighted by atomic mass is 16.1. The number of fused-ring (bicyclic) bond motifs is 3. The molecule has 15 heavy (non-hydrogen) atoms. The van der Waals surface area contributed by atoms with Gasteiger partial charge in [0.15, 0.2) is 5.78 Å². The lowest BCUT2D eigenvalue weighted by molar-refractivity contribution is -0.117. The summed E-state index contributed by atoms with van der Waals surface area (Å²) in [5.41, 5.74) is 2.43. The first-order valence-electron chi connectivity index (χ1n) is 5.66. The Morgan fingerprint density at radius 1 is 1.20 bits per heavy atom. The SMILES string of the molecule is O=C1CCCC2C1=CC=C1C=CC=CC12. The molecule has 0 aliphatic heterocycles. The molecule has 76 valence electrons. The molecule has 0 aromatic carbocycles. The number of hydrogen-bond acceptors (Lipinski definition) is 1. The number of allylic oxidation sites excluding steroid dienone is 8. The first kappa shape index (κ1) is 8.90. The van der Waals surface area contributed by atoms with Crippen LogP contribution in [0.3, 0.4) is 0 Å². The van der Waals surface area contributed by atoms with Gasteiger partial charge in [-0.3, -0.25) is 4.79 Å². The molecular formula is C14H14O. The fourth-order valence-electron chi connectivity index (χ4n) is 2.87. The van der Waals surface area contributed by atoms with Gasteiger partial charge in [0.1, 0.15) is 0 Å². The third-order valence-corrected chi connectivity index (χ3v) is 3.63. The lowest BCUT2D eigenvalue weighted by atomic mass is 9.69. The summed E-state index contributed by atoms with van der Waals surface area (Å²) in [4.78, 5) is 11.8. The fourth-order valence-corrected chi connectivity index (χ4v) is 2.87. The van der Waals surface area contributed by atoms with Crippen LogP contribution in [0.2, 0.25) is 0 Å². The summed E-state index contributed by atoms with van der Waals surface area (Å²) < 4.78 is 0. The molecule has 0 spiro atoms. The summed E-state index contributed by atoms with van der Waals surface area (Å²) in [7, 11) is 0. The second-order valence-electron chi connectivity index (χ2n) is 4.48. The van der Waals surface area contributed by atoms with E-state index in [1.165, 1.54) is 5.57 Å². The highest BCUT2D eigenvalue weighted by molar-refractivity contribution is 5.97. The van der Waals surface area contributed by atoms with Crippen LogP contribution in [0, 0.1) is 11.8 Å². The Bertz CT molecular complexity index is 421. The van der Waals surface area contributed by atoms with Gasteiger partial charge in [-0.05, 0) is 29.9 Å². The van der Waals surface area contributed by atoms with Crippen molar-refractivity contribution in [3.63, 3.8) is 0 Å². The predicted molar refractivity (Wildman–Crippen MR) is 60.3 cm³/mol. The van der Waals surface area contributed by atoms with Gasteiger partial charge in [-0.1, -0.05) is 36.5 Å². The number of Topliss-reactive ketones (excluding diaryl/α,β-unsaturated/α-hetero) is 1. The van der Waals surface area contributed by atoms with Crippen molar-refractivity contribution in [3.05, 3.63) is 47.6 Å². The summed E-state index contributed by atoms with van der Waals surface area (Å²) in [6.45, 7) is 0. The number of ketones is 1. The van der Waals surface area contributed by atoms with E-state index >= 15 is 0 Å². The second kappa shape index (κ2) is 3.34. The van der Waals surface area contributed by atoms with Crippen molar-refractivity contribution in [1.82, 2.24) is 0 Å². The van der Waals surface area contributed by atoms with Crippen molar-refractivity contribution < 1.29 is 4.79 Å². The molecule has 3 aliphatic carbocycles. The molecule has 2 unspecified atom stereocenters. The number of rotatable bonds is 0. The number of carbonyl (C=O) groups is 1. The molecule has 3 aliphatic rings. The minimum absolute atomic E-state index is 0.365. The summed E-state index contributed by atoms with van der Waals surface area (Å²) in [5, 5.41) is 0. The molecule has 2 atom stereocenters. The molecule has 0 aromatic heterocycles. The van der Waals surface area contributed by atoms with Crippen molar-refractivity contribution >= 4 is 5.78 Å². The topological polar surface area (TPSA) is 17.1 Å². The van der Waals surface area contributed by atoms with E-state index in [9.17, 15) is 4.79 Å². The van der Waals surface area contributed by atoms with Gasteiger partial charge in [0.05, 0.1) is 0 Å². The van der Waals surface area contributed by atoms with Gasteiger partial charge in [0.2, 0.25) is 0 Å². The second-order valence-corrected chi connectivity index (χ2v) is 4.48. The quantitative estimate of drug-likeness (QED) is 0.585. The van der Waals surface area contributed by atoms with Crippen molar-refractivity contribution in [2.45, 2.75) is 19.3 Å². The van der Waals surface area contributed by atoms with Crippen LogP contribution in [0.25, 0.3) is 0 Å². The maximum Gasteiger partial charge on any atom is 0.159 e. The van der Waals surface area contributed by atoms with Crippen LogP contribution in [0.4, 0.5) is 0 Å². The lowest BCUT2D eigenvalue weighted by Crippen LogP contribution is -2.28. The van der Waals surface area contributed by atoms with Crippen molar-refractivity contribution in [3.8, 4) is 0 Å². The first-order chi connectivity index (χ1) is 7.36. The van der Waals surface area contributed by atoms with Gasteiger partial charge in [0.25, 0.3) is 0 Å². The minimum Gasteiger partial charge on any atom is -0.295 e. The zero-order chi connectivity index (χ0) is 10.3. The average Bonchev–Trinajstić information content (AvgIpc) is 2.29. The summed E-state index contributed by atoms with van der Waals surface area (Å²) >= 11 is 0. The molecular weight excluding hydrogens is 184 g/mol. The van der Waals surface area contributed by atoms with Gasteiger partial charge < -0.3 is 0 Å². The zero-order valence-corrected chi connectivity index (χ0v) is 8.65. The van der Waals surface area contributed by atoms with E-state index in [1.807, 2.05) is 6.08 Å². The van der Waals surface area contributed by atoms with Gasteiger partial charge in [-0.15, -0.1) is 0 Å². The molecule has 0 bridgehead atoms. The van der Waals surface area contributed by atoms with E-state index in [1.54, 1.807) is 0 Å². The number of hydrogen-bond donors (Lipinski definition) is 0. The van der Waals surface area contributed by atoms with Crippen LogP contribution in [0.5, 0.6) is 0 Å². The summed E-state index contributed by atoms with van der Waals surface area (Å²) in [6, 6.07) is 0. The monoisotopic (exact) mass is 198 g/mol. The van der Waals surface area contributed by atoms with Crippen LogP contribution in [-0.2, 0) is 4.79 Å². The summed E-state index contributed by atoms with van der Waals surface area (Å²) in [5.74, 6) is 1.27. The van der Waals surface area contributed by atoms with E-state index in [0.717, 1.165) is 24.8 Å². The van der Waals surface area contributed by atoms with E-state index in [4.69, 9.17) is 0 Å². The summed E-state index contributed by atoms with van der Waals surface area (Å²) in [6.07, 6.45) is 15.7. The van der Waals surface area contributed by atoms with Gasteiger partial charge in [-0.2, -0.15) is 0 Å². The number of carbonyl (C=O) groups excluding carboxylic acids is 1. The Morgan fingerprint density at radius 3 is 3.07 bits per heavy atom. The molecule has 1 heteroatoms. The van der Waals surface area contributed by atoms with E-state index in [0.29, 0.717) is 17.6 Å². The zero-order valence-electron chi connectivity index (χ0n) is 8.65. The largest absolute Gasteiger partial charge is 0.295 e. The molecule has 1 nitrogen and oxygen atoms in total. The molecule has 1 saturated carbocycles. The molecule has 0 aromatic rings. The van der Waals surface area contributed by atoms with Crippen LogP contribution < -0.4 is 0 Å². The third kappa shape index (κ3) is 1.34. The van der Waals surface area contributed by atoms with Gasteiger partial charge in [-0.25, -0.2) is 0 Å². The highest BCUT2D eigenvalue weighted by Gasteiger charge is 2.33. The maximum atomic E-state index is 11.8. The maximum absolute atomic E-state index is 11.8. The molecule has 0 amide bonds. The normalized spacial score (nSPS) is 32.9. The van der Waals surface area contributed by atoms with Crippen molar-refractivity contribution in [2.24, 2.45) is 11.8 Å². The predicted octanol–water partition coefficient (Wildman–Crippen LogP) is 2.96. The minimum atomic E-state index is 0.365. The van der Waals surface area contributed by atoms with Crippen LogP contribution in [-0.4, -0.2) is 5.78 Å². The molecule has 0 radical (unpaired) electrons. The van der Waals surface area contributed by atoms with Crippen molar-refractivity contribution in [2.75, 3.05) is 0 Å². The van der Waals surface area contributed by atoms with Crippen LogP contribution in [0.15, 0.2) is 47.6 Å². The Kier molecular flexibility index (Phi) is 1.98. The van der Waals surface area contributed by atoms with Crippen LogP contribution in [0.1, 0.15) is 19.3 Å². The first-order valence-corrected chi connectivity index (χ1v) is 5.66. The Morgan fingerprint density at radius 2 is 2.13 bits per heavy atom. The molecule has 1 fully saturated rings. The fraction of sp³-hybridized carbons (Fsp3) is 0.357. The Hall–Kier alpha value is -1.37. The van der Waals surface area contributed by atoms with Crippen molar-refractivity contribution in [1.29, 1.82) is 0 Å².